The van der Waals surface area contributed by atoms with E-state index in [0.717, 1.165) is 16.5 Å². The molecular weight excluding hydrogens is 288 g/mol. The van der Waals surface area contributed by atoms with Crippen LogP contribution in [0.2, 0.25) is 0 Å². The van der Waals surface area contributed by atoms with Crippen LogP contribution in [0.15, 0.2) is 39.7 Å². The molecule has 0 radical (unpaired) electrons. The monoisotopic (exact) mass is 302 g/mol. The van der Waals surface area contributed by atoms with Crippen LogP contribution in [0, 0.1) is 6.92 Å². The van der Waals surface area contributed by atoms with Crippen molar-refractivity contribution in [2.24, 2.45) is 0 Å². The highest BCUT2D eigenvalue weighted by Crippen LogP contribution is 2.15. The van der Waals surface area contributed by atoms with E-state index in [0.29, 0.717) is 4.90 Å². The minimum Gasteiger partial charge on any atom is -0.223 e. The number of aryl methyl sites for hydroxylation is 1. The Morgan fingerprint density at radius 2 is 1.88 bits per heavy atom. The lowest BCUT2D eigenvalue weighted by atomic mass is 10.2. The summed E-state index contributed by atoms with van der Waals surface area (Å²) in [4.78, 5) is 0.380. The highest BCUT2D eigenvalue weighted by Gasteiger charge is 2.12. The van der Waals surface area contributed by atoms with Crippen molar-refractivity contribution in [2.75, 3.05) is 5.75 Å². The largest absolute Gasteiger partial charge is 0.223 e. The molecule has 16 heavy (non-hydrogen) atoms. The zero-order valence-electron chi connectivity index (χ0n) is 9.40. The molecule has 0 aromatic heterocycles. The second-order valence-corrected chi connectivity index (χ2v) is 6.65. The third kappa shape index (κ3) is 3.76. The van der Waals surface area contributed by atoms with Gasteiger partial charge in [-0.15, -0.1) is 0 Å². The van der Waals surface area contributed by atoms with Crippen LogP contribution in [0.4, 0.5) is 0 Å². The highest BCUT2D eigenvalue weighted by molar-refractivity contribution is 9.11. The average Bonchev–Trinajstić information content (AvgIpc) is 2.26. The molecule has 0 saturated carbocycles. The Balaban J connectivity index is 2.91. The van der Waals surface area contributed by atoms with Gasteiger partial charge in [0.1, 0.15) is 0 Å². The van der Waals surface area contributed by atoms with Crippen LogP contribution in [0.25, 0.3) is 0 Å². The predicted molar refractivity (Wildman–Crippen MR) is 70.5 cm³/mol. The summed E-state index contributed by atoms with van der Waals surface area (Å²) in [7, 11) is -3.19. The average molecular weight is 303 g/mol. The molecule has 0 spiro atoms. The van der Waals surface area contributed by atoms with E-state index in [1.165, 1.54) is 0 Å². The first-order chi connectivity index (χ1) is 7.45. The first-order valence-electron chi connectivity index (χ1n) is 5.09. The summed E-state index contributed by atoms with van der Waals surface area (Å²) in [5, 5.41) is 0. The Morgan fingerprint density at radius 3 is 2.38 bits per heavy atom. The molecule has 0 aliphatic carbocycles. The third-order valence-corrected chi connectivity index (χ3v) is 4.72. The molecule has 88 valence electrons. The molecule has 0 fully saturated rings. The van der Waals surface area contributed by atoms with Crippen molar-refractivity contribution in [1.29, 1.82) is 0 Å². The molecule has 0 atom stereocenters. The van der Waals surface area contributed by atoms with Crippen molar-refractivity contribution >= 4 is 25.8 Å². The van der Waals surface area contributed by atoms with Crippen LogP contribution in [0.1, 0.15) is 18.9 Å². The molecule has 0 heterocycles. The minimum atomic E-state index is -3.19. The molecule has 4 heteroatoms. The van der Waals surface area contributed by atoms with Gasteiger partial charge in [-0.05, 0) is 30.0 Å². The summed E-state index contributed by atoms with van der Waals surface area (Å²) in [6, 6.07) is 6.92. The highest BCUT2D eigenvalue weighted by atomic mass is 79.9. The number of sulfone groups is 1. The van der Waals surface area contributed by atoms with Crippen molar-refractivity contribution in [2.45, 2.75) is 25.2 Å². The van der Waals surface area contributed by atoms with E-state index in [2.05, 4.69) is 15.9 Å². The van der Waals surface area contributed by atoms with E-state index in [1.54, 1.807) is 18.2 Å². The van der Waals surface area contributed by atoms with E-state index in [-0.39, 0.29) is 5.75 Å². The van der Waals surface area contributed by atoms with Crippen LogP contribution >= 0.6 is 15.9 Å². The molecule has 0 N–H and O–H groups in total. The Morgan fingerprint density at radius 1 is 1.31 bits per heavy atom. The molecule has 0 aliphatic rings. The Hall–Kier alpha value is -0.610. The van der Waals surface area contributed by atoms with E-state index >= 15 is 0 Å². The molecule has 0 amide bonds. The van der Waals surface area contributed by atoms with E-state index < -0.39 is 9.84 Å². The first kappa shape index (κ1) is 13.5. The number of rotatable bonds is 4. The molecule has 0 aliphatic heterocycles. The Bertz CT molecular complexity index is 472. The summed E-state index contributed by atoms with van der Waals surface area (Å²) in [5.41, 5.74) is 1.06. The molecule has 2 nitrogen and oxygen atoms in total. The van der Waals surface area contributed by atoms with Gasteiger partial charge < -0.3 is 0 Å². The number of hydrogen-bond acceptors (Lipinski definition) is 2. The summed E-state index contributed by atoms with van der Waals surface area (Å²) in [6.45, 7) is 3.91. The van der Waals surface area contributed by atoms with Crippen molar-refractivity contribution < 1.29 is 8.42 Å². The molecule has 1 aromatic rings. The van der Waals surface area contributed by atoms with Crippen LogP contribution in [-0.2, 0) is 9.84 Å². The van der Waals surface area contributed by atoms with Gasteiger partial charge in [-0.3, -0.25) is 0 Å². The summed E-state index contributed by atoms with van der Waals surface area (Å²) < 4.78 is 24.7. The van der Waals surface area contributed by atoms with E-state index in [4.69, 9.17) is 0 Å². The van der Waals surface area contributed by atoms with Crippen LogP contribution in [0.3, 0.4) is 0 Å². The smallest absolute Gasteiger partial charge is 0.181 e. The fourth-order valence-electron chi connectivity index (χ4n) is 1.19. The second-order valence-electron chi connectivity index (χ2n) is 3.60. The van der Waals surface area contributed by atoms with Crippen LogP contribution < -0.4 is 0 Å². The van der Waals surface area contributed by atoms with Gasteiger partial charge in [0.15, 0.2) is 9.84 Å². The lowest BCUT2D eigenvalue weighted by molar-refractivity contribution is 0.599. The lowest BCUT2D eigenvalue weighted by Gasteiger charge is -2.02. The normalized spacial score (nSPS) is 12.8. The number of halogens is 1. The van der Waals surface area contributed by atoms with Gasteiger partial charge in [0.05, 0.1) is 10.6 Å². The van der Waals surface area contributed by atoms with Gasteiger partial charge >= 0.3 is 0 Å². The van der Waals surface area contributed by atoms with Gasteiger partial charge in [0, 0.05) is 0 Å². The number of hydrogen-bond donors (Lipinski definition) is 0. The SMILES string of the molecule is CC/C(Br)=C/CS(=O)(=O)c1ccc(C)cc1. The summed E-state index contributed by atoms with van der Waals surface area (Å²) in [6.07, 6.45) is 2.51. The standard InChI is InChI=1S/C12H15BrO2S/c1-3-11(13)8-9-16(14,15)12-6-4-10(2)5-7-12/h4-8H,3,9H2,1-2H3/b11-8-. The molecule has 0 unspecified atom stereocenters. The van der Waals surface area contributed by atoms with Crippen molar-refractivity contribution in [3.05, 3.63) is 40.4 Å². The quantitative estimate of drug-likeness (QED) is 0.853. The van der Waals surface area contributed by atoms with Gasteiger partial charge in [-0.1, -0.05) is 46.6 Å². The lowest BCUT2D eigenvalue weighted by Crippen LogP contribution is -2.04. The zero-order valence-corrected chi connectivity index (χ0v) is 11.8. The summed E-state index contributed by atoms with van der Waals surface area (Å²) >= 11 is 3.31. The maximum Gasteiger partial charge on any atom is 0.181 e. The van der Waals surface area contributed by atoms with E-state index in [1.807, 2.05) is 26.0 Å². The van der Waals surface area contributed by atoms with Gasteiger partial charge in [-0.25, -0.2) is 8.42 Å². The van der Waals surface area contributed by atoms with Crippen LogP contribution in [0.5, 0.6) is 0 Å². The fraction of sp³-hybridized carbons (Fsp3) is 0.333. The number of allylic oxidation sites excluding steroid dienone is 1. The molecule has 1 aromatic carbocycles. The predicted octanol–water partition coefficient (Wildman–Crippen LogP) is 3.46. The van der Waals surface area contributed by atoms with Gasteiger partial charge in [0.25, 0.3) is 0 Å². The van der Waals surface area contributed by atoms with Crippen molar-refractivity contribution in [1.82, 2.24) is 0 Å². The maximum absolute atomic E-state index is 11.9. The Kier molecular flexibility index (Phi) is 4.74. The van der Waals surface area contributed by atoms with Gasteiger partial charge in [0.2, 0.25) is 0 Å². The zero-order chi connectivity index (χ0) is 12.2. The fourth-order valence-corrected chi connectivity index (χ4v) is 2.73. The second kappa shape index (κ2) is 5.64. The molecule has 0 bridgehead atoms. The van der Waals surface area contributed by atoms with Gasteiger partial charge in [-0.2, -0.15) is 0 Å². The molecule has 0 saturated heterocycles. The van der Waals surface area contributed by atoms with Crippen molar-refractivity contribution in [3.63, 3.8) is 0 Å². The first-order valence-corrected chi connectivity index (χ1v) is 7.54. The third-order valence-electron chi connectivity index (χ3n) is 2.24. The van der Waals surface area contributed by atoms with Crippen molar-refractivity contribution in [3.8, 4) is 0 Å². The molecular formula is C12H15BrO2S. The Labute approximate surface area is 105 Å². The van der Waals surface area contributed by atoms with Crippen LogP contribution in [-0.4, -0.2) is 14.2 Å². The number of benzene rings is 1. The van der Waals surface area contributed by atoms with E-state index in [9.17, 15) is 8.42 Å². The topological polar surface area (TPSA) is 34.1 Å². The minimum absolute atomic E-state index is 0.0461. The summed E-state index contributed by atoms with van der Waals surface area (Å²) in [5.74, 6) is 0.0461. The maximum atomic E-state index is 11.9. The molecule has 1 rings (SSSR count).